The van der Waals surface area contributed by atoms with Crippen molar-refractivity contribution >= 4 is 5.78 Å². The smallest absolute Gasteiger partial charge is 0.165 e. The Hall–Kier alpha value is -1.09. The molecule has 0 aliphatic heterocycles. The van der Waals surface area contributed by atoms with E-state index < -0.39 is 0 Å². The Kier molecular flexibility index (Phi) is 4.92. The number of hydrogen-bond donors (Lipinski definition) is 0. The van der Waals surface area contributed by atoms with Crippen molar-refractivity contribution in [3.8, 4) is 0 Å². The van der Waals surface area contributed by atoms with Gasteiger partial charge in [-0.2, -0.15) is 0 Å². The van der Waals surface area contributed by atoms with Crippen LogP contribution in [0.15, 0.2) is 6.07 Å². The van der Waals surface area contributed by atoms with Gasteiger partial charge in [0.25, 0.3) is 0 Å². The molecule has 1 aliphatic rings. The standard InChI is InChI=1S/C18H29NO2/c1-13(2)21-9-7-6-8-19-14(3)10-15-16(19)11-18(4,5)12-17(15)20/h10,13H,6-9,11-12H2,1-5H3. The third-order valence-electron chi connectivity index (χ3n) is 4.23. The highest BCUT2D eigenvalue weighted by molar-refractivity contribution is 5.99. The highest BCUT2D eigenvalue weighted by Gasteiger charge is 2.33. The van der Waals surface area contributed by atoms with Crippen LogP contribution in [0.2, 0.25) is 0 Å². The predicted molar refractivity (Wildman–Crippen MR) is 85.9 cm³/mol. The summed E-state index contributed by atoms with van der Waals surface area (Å²) >= 11 is 0. The van der Waals surface area contributed by atoms with Crippen LogP contribution in [0.5, 0.6) is 0 Å². The molecule has 3 heteroatoms. The summed E-state index contributed by atoms with van der Waals surface area (Å²) in [5, 5.41) is 0. The molecule has 1 heterocycles. The molecule has 3 nitrogen and oxygen atoms in total. The molecule has 0 spiro atoms. The first kappa shape index (κ1) is 16.3. The fourth-order valence-electron chi connectivity index (χ4n) is 3.21. The molecule has 0 unspecified atom stereocenters. The second-order valence-electron chi connectivity index (χ2n) is 7.37. The van der Waals surface area contributed by atoms with Gasteiger partial charge >= 0.3 is 0 Å². The highest BCUT2D eigenvalue weighted by atomic mass is 16.5. The maximum atomic E-state index is 12.3. The van der Waals surface area contributed by atoms with Crippen molar-refractivity contribution in [1.82, 2.24) is 4.57 Å². The topological polar surface area (TPSA) is 31.2 Å². The summed E-state index contributed by atoms with van der Waals surface area (Å²) in [6.07, 6.45) is 4.16. The van der Waals surface area contributed by atoms with Gasteiger partial charge in [0.15, 0.2) is 5.78 Å². The molecule has 118 valence electrons. The minimum absolute atomic E-state index is 0.0907. The van der Waals surface area contributed by atoms with Gasteiger partial charge in [0.05, 0.1) is 6.10 Å². The average Bonchev–Trinajstić information content (AvgIpc) is 2.65. The summed E-state index contributed by atoms with van der Waals surface area (Å²) in [7, 11) is 0. The number of aromatic nitrogens is 1. The molecule has 0 fully saturated rings. The van der Waals surface area contributed by atoms with Crippen molar-refractivity contribution in [3.63, 3.8) is 0 Å². The molecule has 1 aliphatic carbocycles. The van der Waals surface area contributed by atoms with Crippen molar-refractivity contribution in [2.45, 2.75) is 73.0 Å². The van der Waals surface area contributed by atoms with E-state index in [-0.39, 0.29) is 5.41 Å². The van der Waals surface area contributed by atoms with Crippen LogP contribution in [-0.4, -0.2) is 23.1 Å². The second kappa shape index (κ2) is 6.35. The Morgan fingerprint density at radius 2 is 2.00 bits per heavy atom. The summed E-state index contributed by atoms with van der Waals surface area (Å²) < 4.78 is 7.94. The van der Waals surface area contributed by atoms with Crippen LogP contribution in [-0.2, 0) is 17.7 Å². The number of fused-ring (bicyclic) bond motifs is 1. The molecule has 0 bridgehead atoms. The zero-order valence-corrected chi connectivity index (χ0v) is 14.2. The summed E-state index contributed by atoms with van der Waals surface area (Å²) in [4.78, 5) is 12.3. The first-order valence-electron chi connectivity index (χ1n) is 8.14. The maximum Gasteiger partial charge on any atom is 0.165 e. The van der Waals surface area contributed by atoms with Crippen LogP contribution >= 0.6 is 0 Å². The zero-order chi connectivity index (χ0) is 15.6. The normalized spacial score (nSPS) is 17.3. The summed E-state index contributed by atoms with van der Waals surface area (Å²) in [6, 6.07) is 2.08. The monoisotopic (exact) mass is 291 g/mol. The zero-order valence-electron chi connectivity index (χ0n) is 14.2. The van der Waals surface area contributed by atoms with Gasteiger partial charge in [0.1, 0.15) is 0 Å². The quantitative estimate of drug-likeness (QED) is 0.737. The number of carbonyl (C=O) groups is 1. The lowest BCUT2D eigenvalue weighted by molar-refractivity contribution is 0.0753. The van der Waals surface area contributed by atoms with Crippen LogP contribution in [0.4, 0.5) is 0 Å². The van der Waals surface area contributed by atoms with E-state index >= 15 is 0 Å². The minimum atomic E-state index is 0.0907. The van der Waals surface area contributed by atoms with E-state index in [1.807, 2.05) is 0 Å². The van der Waals surface area contributed by atoms with E-state index in [9.17, 15) is 4.79 Å². The number of Topliss-reactive ketones (excluding diaryl/α,β-unsaturated/α-hetero) is 1. The highest BCUT2D eigenvalue weighted by Crippen LogP contribution is 2.36. The minimum Gasteiger partial charge on any atom is -0.379 e. The number of ketones is 1. The Balaban J connectivity index is 2.03. The Labute approximate surface area is 128 Å². The Bertz CT molecular complexity index is 512. The second-order valence-corrected chi connectivity index (χ2v) is 7.37. The average molecular weight is 291 g/mol. The van der Waals surface area contributed by atoms with Crippen LogP contribution in [0.25, 0.3) is 0 Å². The van der Waals surface area contributed by atoms with Crippen LogP contribution in [0.3, 0.4) is 0 Å². The maximum absolute atomic E-state index is 12.3. The molecule has 0 aromatic carbocycles. The molecule has 21 heavy (non-hydrogen) atoms. The largest absolute Gasteiger partial charge is 0.379 e. The molecule has 0 atom stereocenters. The number of ether oxygens (including phenoxy) is 1. The van der Waals surface area contributed by atoms with Gasteiger partial charge in [-0.25, -0.2) is 0 Å². The SMILES string of the molecule is Cc1cc2c(n1CCCCOC(C)C)CC(C)(C)CC2=O. The number of nitrogens with zero attached hydrogens (tertiary/aromatic N) is 1. The molecule has 2 rings (SSSR count). The van der Waals surface area contributed by atoms with Crippen molar-refractivity contribution in [1.29, 1.82) is 0 Å². The van der Waals surface area contributed by atoms with Crippen molar-refractivity contribution in [2.24, 2.45) is 5.41 Å². The molecule has 0 radical (unpaired) electrons. The fourth-order valence-corrected chi connectivity index (χ4v) is 3.21. The van der Waals surface area contributed by atoms with Crippen LogP contribution in [0, 0.1) is 12.3 Å². The summed E-state index contributed by atoms with van der Waals surface area (Å²) in [5.41, 5.74) is 3.52. The van der Waals surface area contributed by atoms with Gasteiger partial charge in [-0.15, -0.1) is 0 Å². The number of rotatable bonds is 6. The molecular formula is C18H29NO2. The van der Waals surface area contributed by atoms with Gasteiger partial charge in [-0.1, -0.05) is 13.8 Å². The van der Waals surface area contributed by atoms with E-state index in [0.717, 1.165) is 38.0 Å². The van der Waals surface area contributed by atoms with Gasteiger partial charge in [-0.3, -0.25) is 4.79 Å². The van der Waals surface area contributed by atoms with Crippen LogP contribution < -0.4 is 0 Å². The van der Waals surface area contributed by atoms with Gasteiger partial charge < -0.3 is 9.30 Å². The number of aryl methyl sites for hydroxylation is 1. The number of unbranched alkanes of at least 4 members (excludes halogenated alkanes) is 1. The number of hydrogen-bond acceptors (Lipinski definition) is 2. The van der Waals surface area contributed by atoms with E-state index in [0.29, 0.717) is 18.3 Å². The Morgan fingerprint density at radius 3 is 2.67 bits per heavy atom. The van der Waals surface area contributed by atoms with E-state index in [2.05, 4.69) is 45.3 Å². The van der Waals surface area contributed by atoms with E-state index in [1.165, 1.54) is 11.4 Å². The third-order valence-corrected chi connectivity index (χ3v) is 4.23. The lowest BCUT2D eigenvalue weighted by Gasteiger charge is -2.30. The molecule has 0 saturated carbocycles. The van der Waals surface area contributed by atoms with Gasteiger partial charge in [0.2, 0.25) is 0 Å². The molecule has 1 aromatic rings. The first-order valence-corrected chi connectivity index (χ1v) is 8.14. The van der Waals surface area contributed by atoms with Crippen molar-refractivity contribution in [3.05, 3.63) is 23.0 Å². The molecular weight excluding hydrogens is 262 g/mol. The van der Waals surface area contributed by atoms with Gasteiger partial charge in [0, 0.05) is 36.5 Å². The predicted octanol–water partition coefficient (Wildman–Crippen LogP) is 4.16. The lowest BCUT2D eigenvalue weighted by atomic mass is 9.76. The molecule has 0 saturated heterocycles. The Morgan fingerprint density at radius 1 is 1.29 bits per heavy atom. The van der Waals surface area contributed by atoms with E-state index in [4.69, 9.17) is 4.74 Å². The summed E-state index contributed by atoms with van der Waals surface area (Å²) in [5.74, 6) is 0.311. The van der Waals surface area contributed by atoms with Crippen LogP contribution in [0.1, 0.15) is 68.7 Å². The molecule has 1 aromatic heterocycles. The summed E-state index contributed by atoms with van der Waals surface area (Å²) in [6.45, 7) is 12.5. The fraction of sp³-hybridized carbons (Fsp3) is 0.722. The van der Waals surface area contributed by atoms with Gasteiger partial charge in [-0.05, 0) is 51.5 Å². The van der Waals surface area contributed by atoms with Crippen molar-refractivity contribution in [2.75, 3.05) is 6.61 Å². The first-order chi connectivity index (χ1) is 9.80. The molecule has 0 amide bonds. The van der Waals surface area contributed by atoms with E-state index in [1.54, 1.807) is 0 Å². The lowest BCUT2D eigenvalue weighted by Crippen LogP contribution is -2.28. The molecule has 0 N–H and O–H groups in total. The third kappa shape index (κ3) is 3.97. The number of carbonyl (C=O) groups excluding carboxylic acids is 1. The van der Waals surface area contributed by atoms with Crippen molar-refractivity contribution < 1.29 is 9.53 Å².